The van der Waals surface area contributed by atoms with Gasteiger partial charge in [0.15, 0.2) is 0 Å². The van der Waals surface area contributed by atoms with Crippen LogP contribution < -0.4 is 10.5 Å². The molecule has 0 fully saturated rings. The van der Waals surface area contributed by atoms with Gasteiger partial charge in [0.05, 0.1) is 28.7 Å². The number of nitrogens with two attached hydrogens (primary N) is 1. The molecule has 9 heteroatoms. The zero-order valence-electron chi connectivity index (χ0n) is 12.6. The molecule has 0 bridgehead atoms. The van der Waals surface area contributed by atoms with Crippen LogP contribution in [0.1, 0.15) is 22.7 Å². The highest BCUT2D eigenvalue weighted by Crippen LogP contribution is 2.43. The van der Waals surface area contributed by atoms with E-state index in [4.69, 9.17) is 15.2 Å². The van der Waals surface area contributed by atoms with Crippen LogP contribution in [0.3, 0.4) is 0 Å². The lowest BCUT2D eigenvalue weighted by atomic mass is 9.84. The van der Waals surface area contributed by atoms with E-state index in [2.05, 4.69) is 10.2 Å². The molecule has 24 heavy (non-hydrogen) atoms. The van der Waals surface area contributed by atoms with Gasteiger partial charge in [0.1, 0.15) is 11.6 Å². The first-order chi connectivity index (χ1) is 11.6. The van der Waals surface area contributed by atoms with Gasteiger partial charge >= 0.3 is 0 Å². The number of fused-ring (bicyclic) bond motifs is 1. The summed E-state index contributed by atoms with van der Waals surface area (Å²) in [6.07, 6.45) is 0. The number of ether oxygens (including phenoxy) is 2. The Bertz CT molecular complexity index is 880. The van der Waals surface area contributed by atoms with Crippen LogP contribution in [0.15, 0.2) is 35.7 Å². The number of aromatic nitrogens is 2. The molecular formula is C15H13N5O4. The number of non-ortho nitro benzene ring substituents is 1. The predicted molar refractivity (Wildman–Crippen MR) is 81.7 cm³/mol. The first-order valence-electron chi connectivity index (χ1n) is 6.94. The SMILES string of the molecule is COCc1[nH]nc2c1[C@@H](c1cccc([N+](=O)[O-])c1)C(C#N)=C(N)O2. The maximum Gasteiger partial charge on any atom is 0.269 e. The van der Waals surface area contributed by atoms with Crippen molar-refractivity contribution >= 4 is 5.69 Å². The number of nitrogens with zero attached hydrogens (tertiary/aromatic N) is 3. The van der Waals surface area contributed by atoms with E-state index in [9.17, 15) is 15.4 Å². The van der Waals surface area contributed by atoms with E-state index < -0.39 is 10.8 Å². The predicted octanol–water partition coefficient (Wildman–Crippen LogP) is 1.68. The number of benzene rings is 1. The summed E-state index contributed by atoms with van der Waals surface area (Å²) in [4.78, 5) is 10.6. The molecule has 3 rings (SSSR count). The van der Waals surface area contributed by atoms with Gasteiger partial charge < -0.3 is 15.2 Å². The van der Waals surface area contributed by atoms with Gasteiger partial charge in [-0.05, 0) is 5.56 Å². The highest BCUT2D eigenvalue weighted by molar-refractivity contribution is 5.56. The summed E-state index contributed by atoms with van der Waals surface area (Å²) < 4.78 is 10.5. The molecular weight excluding hydrogens is 314 g/mol. The van der Waals surface area contributed by atoms with Gasteiger partial charge in [-0.3, -0.25) is 15.2 Å². The minimum absolute atomic E-state index is 0.0722. The molecule has 2 aromatic rings. The summed E-state index contributed by atoms with van der Waals surface area (Å²) in [5.41, 5.74) is 7.67. The van der Waals surface area contributed by atoms with Crippen molar-refractivity contribution in [3.63, 3.8) is 0 Å². The normalized spacial score (nSPS) is 16.2. The molecule has 1 aromatic carbocycles. The molecule has 0 spiro atoms. The third-order valence-electron chi connectivity index (χ3n) is 3.72. The number of nitro groups is 1. The van der Waals surface area contributed by atoms with E-state index in [1.54, 1.807) is 12.1 Å². The number of hydrogen-bond donors (Lipinski definition) is 2. The maximum absolute atomic E-state index is 11.1. The highest BCUT2D eigenvalue weighted by Gasteiger charge is 2.35. The summed E-state index contributed by atoms with van der Waals surface area (Å²) in [5.74, 6) is -0.463. The lowest BCUT2D eigenvalue weighted by molar-refractivity contribution is -0.384. The van der Waals surface area contributed by atoms with Gasteiger partial charge in [0.25, 0.3) is 5.69 Å². The maximum atomic E-state index is 11.1. The average Bonchev–Trinajstić information content (AvgIpc) is 2.96. The number of allylic oxidation sites excluding steroid dienone is 1. The first-order valence-corrected chi connectivity index (χ1v) is 6.94. The van der Waals surface area contributed by atoms with Crippen LogP contribution in [0.2, 0.25) is 0 Å². The molecule has 1 aromatic heterocycles. The van der Waals surface area contributed by atoms with Crippen LogP contribution in [0.25, 0.3) is 0 Å². The van der Waals surface area contributed by atoms with E-state index in [1.165, 1.54) is 19.2 Å². The van der Waals surface area contributed by atoms with Crippen LogP contribution in [0, 0.1) is 21.4 Å². The summed E-state index contributed by atoms with van der Waals surface area (Å²) >= 11 is 0. The van der Waals surface area contributed by atoms with E-state index in [1.807, 2.05) is 6.07 Å². The molecule has 0 aliphatic carbocycles. The number of H-pyrrole nitrogens is 1. The quantitative estimate of drug-likeness (QED) is 0.643. The van der Waals surface area contributed by atoms with Crippen molar-refractivity contribution in [2.45, 2.75) is 12.5 Å². The number of rotatable bonds is 4. The third-order valence-corrected chi connectivity index (χ3v) is 3.72. The van der Waals surface area contributed by atoms with Crippen molar-refractivity contribution in [2.75, 3.05) is 7.11 Å². The molecule has 9 nitrogen and oxygen atoms in total. The summed E-state index contributed by atoms with van der Waals surface area (Å²) in [7, 11) is 1.52. The number of nitro benzene ring substituents is 1. The number of nitrogens with one attached hydrogen (secondary N) is 1. The Balaban J connectivity index is 2.21. The van der Waals surface area contributed by atoms with E-state index in [-0.39, 0.29) is 29.6 Å². The third kappa shape index (κ3) is 2.45. The Morgan fingerprint density at radius 3 is 3.04 bits per heavy atom. The van der Waals surface area contributed by atoms with Crippen LogP contribution in [-0.4, -0.2) is 22.2 Å². The zero-order chi connectivity index (χ0) is 17.3. The van der Waals surface area contributed by atoms with E-state index in [0.717, 1.165) is 0 Å². The van der Waals surface area contributed by atoms with Crippen LogP contribution in [0.4, 0.5) is 5.69 Å². The first kappa shape index (κ1) is 15.5. The largest absolute Gasteiger partial charge is 0.420 e. The van der Waals surface area contributed by atoms with Crippen molar-refractivity contribution in [3.8, 4) is 11.9 Å². The summed E-state index contributed by atoms with van der Waals surface area (Å²) in [6, 6.07) is 8.08. The summed E-state index contributed by atoms with van der Waals surface area (Å²) in [6.45, 7) is 0.218. The molecule has 0 saturated carbocycles. The Morgan fingerprint density at radius 1 is 1.58 bits per heavy atom. The second kappa shape index (κ2) is 6.02. The summed E-state index contributed by atoms with van der Waals surface area (Å²) in [5, 5.41) is 27.4. The number of nitriles is 1. The van der Waals surface area contributed by atoms with Gasteiger partial charge in [-0.15, -0.1) is 5.10 Å². The molecule has 0 saturated heterocycles. The molecule has 0 unspecified atom stereocenters. The standard InChI is InChI=1S/C15H13N5O4/c1-23-7-11-13-12(8-3-2-4-9(5-8)20(21)22)10(6-16)14(17)24-15(13)19-18-11/h2-5,12H,7,17H2,1H3,(H,18,19)/t12-/m0/s1. The fraction of sp³-hybridized carbons (Fsp3) is 0.200. The molecule has 122 valence electrons. The molecule has 2 heterocycles. The topological polar surface area (TPSA) is 140 Å². The minimum atomic E-state index is -0.623. The van der Waals surface area contributed by atoms with Crippen molar-refractivity contribution < 1.29 is 14.4 Å². The second-order valence-electron chi connectivity index (χ2n) is 5.13. The Morgan fingerprint density at radius 2 is 2.38 bits per heavy atom. The molecule has 1 aliphatic heterocycles. The fourth-order valence-electron chi connectivity index (χ4n) is 2.71. The highest BCUT2D eigenvalue weighted by atomic mass is 16.6. The lowest BCUT2D eigenvalue weighted by Gasteiger charge is -2.23. The monoisotopic (exact) mass is 327 g/mol. The fourth-order valence-corrected chi connectivity index (χ4v) is 2.71. The zero-order valence-corrected chi connectivity index (χ0v) is 12.6. The Hall–Kier alpha value is -3.38. The van der Waals surface area contributed by atoms with Gasteiger partial charge in [0, 0.05) is 19.2 Å². The smallest absolute Gasteiger partial charge is 0.269 e. The van der Waals surface area contributed by atoms with Crippen LogP contribution >= 0.6 is 0 Å². The van der Waals surface area contributed by atoms with E-state index in [0.29, 0.717) is 16.8 Å². The molecule has 1 aliphatic rings. The molecule has 1 atom stereocenters. The lowest BCUT2D eigenvalue weighted by Crippen LogP contribution is -2.21. The van der Waals surface area contributed by atoms with E-state index >= 15 is 0 Å². The number of aromatic amines is 1. The van der Waals surface area contributed by atoms with Gasteiger partial charge in [-0.2, -0.15) is 5.26 Å². The van der Waals surface area contributed by atoms with Gasteiger partial charge in [-0.1, -0.05) is 12.1 Å². The van der Waals surface area contributed by atoms with Gasteiger partial charge in [0.2, 0.25) is 11.8 Å². The second-order valence-corrected chi connectivity index (χ2v) is 5.13. The number of methoxy groups -OCH3 is 1. The van der Waals surface area contributed by atoms with Crippen molar-refractivity contribution in [1.82, 2.24) is 10.2 Å². The van der Waals surface area contributed by atoms with Crippen molar-refractivity contribution in [2.24, 2.45) is 5.73 Å². The molecule has 0 amide bonds. The van der Waals surface area contributed by atoms with Crippen LogP contribution in [0.5, 0.6) is 5.88 Å². The van der Waals surface area contributed by atoms with Crippen molar-refractivity contribution in [1.29, 1.82) is 5.26 Å². The molecule has 3 N–H and O–H groups in total. The Kier molecular flexibility index (Phi) is 3.89. The average molecular weight is 327 g/mol. The minimum Gasteiger partial charge on any atom is -0.420 e. The van der Waals surface area contributed by atoms with Gasteiger partial charge in [-0.25, -0.2) is 0 Å². The van der Waals surface area contributed by atoms with Crippen LogP contribution in [-0.2, 0) is 11.3 Å². The van der Waals surface area contributed by atoms with Crippen molar-refractivity contribution in [3.05, 3.63) is 62.7 Å². The number of hydrogen-bond acceptors (Lipinski definition) is 7. The Labute approximate surface area is 136 Å². The molecule has 0 radical (unpaired) electrons.